The van der Waals surface area contributed by atoms with Crippen molar-refractivity contribution in [2.75, 3.05) is 0 Å². The van der Waals surface area contributed by atoms with Crippen LogP contribution in [0.2, 0.25) is 0 Å². The van der Waals surface area contributed by atoms with Crippen molar-refractivity contribution in [1.82, 2.24) is 0 Å². The topological polar surface area (TPSA) is 80.4 Å². The Morgan fingerprint density at radius 3 is 2.71 bits per heavy atom. The lowest BCUT2D eigenvalue weighted by Gasteiger charge is -2.04. The fraction of sp³-hybridized carbons (Fsp3) is 0.222. The number of rotatable bonds is 3. The van der Waals surface area contributed by atoms with Crippen molar-refractivity contribution < 1.29 is 13.6 Å². The molecule has 0 fully saturated rings. The van der Waals surface area contributed by atoms with Gasteiger partial charge in [0.05, 0.1) is 5.75 Å². The van der Waals surface area contributed by atoms with Gasteiger partial charge in [0, 0.05) is 5.56 Å². The lowest BCUT2D eigenvalue weighted by atomic mass is 10.1. The largest absolute Gasteiger partial charge is 0.366 e. The van der Waals surface area contributed by atoms with E-state index in [0.29, 0.717) is 11.1 Å². The molecule has 0 aromatic heterocycles. The van der Waals surface area contributed by atoms with Crippen LogP contribution in [0, 0.1) is 6.92 Å². The molecule has 14 heavy (non-hydrogen) atoms. The summed E-state index contributed by atoms with van der Waals surface area (Å²) < 4.78 is 19.3. The number of carbonyl (C=O) groups is 1. The zero-order valence-corrected chi connectivity index (χ0v) is 8.50. The minimum Gasteiger partial charge on any atom is -0.366 e. The van der Waals surface area contributed by atoms with Gasteiger partial charge in [-0.05, 0) is 30.2 Å². The Kier molecular flexibility index (Phi) is 3.38. The number of primary amides is 1. The van der Waals surface area contributed by atoms with Gasteiger partial charge in [-0.25, -0.2) is 4.21 Å². The number of hydrogen-bond donors (Lipinski definition) is 2. The van der Waals surface area contributed by atoms with Crippen LogP contribution in [0.3, 0.4) is 0 Å². The first-order valence-corrected chi connectivity index (χ1v) is 5.25. The molecule has 0 heterocycles. The quantitative estimate of drug-likeness (QED) is 0.729. The van der Waals surface area contributed by atoms with E-state index in [2.05, 4.69) is 0 Å². The van der Waals surface area contributed by atoms with Crippen LogP contribution in [0.4, 0.5) is 0 Å². The van der Waals surface area contributed by atoms with Crippen LogP contribution in [0.25, 0.3) is 0 Å². The van der Waals surface area contributed by atoms with Gasteiger partial charge in [-0.15, -0.1) is 0 Å². The van der Waals surface area contributed by atoms with Gasteiger partial charge in [-0.2, -0.15) is 0 Å². The fourth-order valence-corrected chi connectivity index (χ4v) is 1.69. The second-order valence-corrected chi connectivity index (χ2v) is 3.90. The first-order valence-electron chi connectivity index (χ1n) is 3.97. The van der Waals surface area contributed by atoms with Gasteiger partial charge in [0.15, 0.2) is 11.1 Å². The molecule has 1 atom stereocenters. The predicted octanol–water partition coefficient (Wildman–Crippen LogP) is 0.816. The summed E-state index contributed by atoms with van der Waals surface area (Å²) in [7, 11) is 0. The monoisotopic (exact) mass is 213 g/mol. The van der Waals surface area contributed by atoms with E-state index in [0.717, 1.165) is 5.56 Å². The molecule has 1 rings (SSSR count). The standard InChI is InChI=1S/C9H11NO3S/c1-6-2-3-7(9(10)11)4-8(6)5-14(12)13/h2-4H,5H2,1H3,(H2,10,11)(H,12,13). The molecule has 0 radical (unpaired) electrons. The molecule has 1 aromatic carbocycles. The van der Waals surface area contributed by atoms with Crippen molar-refractivity contribution in [2.45, 2.75) is 12.7 Å². The molecule has 3 N–H and O–H groups in total. The Labute approximate surface area is 84.4 Å². The van der Waals surface area contributed by atoms with Crippen molar-refractivity contribution in [2.24, 2.45) is 5.73 Å². The number of aryl methyl sites for hydroxylation is 1. The van der Waals surface area contributed by atoms with Crippen molar-refractivity contribution in [1.29, 1.82) is 0 Å². The summed E-state index contributed by atoms with van der Waals surface area (Å²) in [5, 5.41) is 0. The molecule has 76 valence electrons. The smallest absolute Gasteiger partial charge is 0.248 e. The molecule has 1 unspecified atom stereocenters. The molecule has 1 aromatic rings. The van der Waals surface area contributed by atoms with E-state index in [1.807, 2.05) is 6.92 Å². The maximum atomic E-state index is 10.8. The zero-order valence-electron chi connectivity index (χ0n) is 7.69. The van der Waals surface area contributed by atoms with Crippen molar-refractivity contribution in [3.05, 3.63) is 34.9 Å². The SMILES string of the molecule is Cc1ccc(C(N)=O)cc1CS(=O)O. The van der Waals surface area contributed by atoms with Gasteiger partial charge < -0.3 is 10.3 Å². The van der Waals surface area contributed by atoms with Crippen molar-refractivity contribution in [3.63, 3.8) is 0 Å². The van der Waals surface area contributed by atoms with Gasteiger partial charge in [0.2, 0.25) is 5.91 Å². The molecule has 5 heteroatoms. The average molecular weight is 213 g/mol. The van der Waals surface area contributed by atoms with Gasteiger partial charge in [0.25, 0.3) is 0 Å². The highest BCUT2D eigenvalue weighted by Gasteiger charge is 2.06. The maximum absolute atomic E-state index is 10.8. The molecule has 0 aliphatic rings. The first kappa shape index (κ1) is 10.9. The molecular formula is C9H11NO3S. The molecular weight excluding hydrogens is 202 g/mol. The average Bonchev–Trinajstić information content (AvgIpc) is 2.07. The number of benzene rings is 1. The Hall–Kier alpha value is -1.20. The van der Waals surface area contributed by atoms with E-state index in [-0.39, 0.29) is 5.75 Å². The summed E-state index contributed by atoms with van der Waals surface area (Å²) >= 11 is -1.90. The molecule has 0 spiro atoms. The van der Waals surface area contributed by atoms with Crippen LogP contribution < -0.4 is 5.73 Å². The van der Waals surface area contributed by atoms with Crippen molar-refractivity contribution >= 4 is 17.0 Å². The zero-order chi connectivity index (χ0) is 10.7. The number of amides is 1. The molecule has 4 nitrogen and oxygen atoms in total. The predicted molar refractivity (Wildman–Crippen MR) is 54.2 cm³/mol. The third kappa shape index (κ3) is 2.65. The van der Waals surface area contributed by atoms with E-state index < -0.39 is 17.0 Å². The highest BCUT2D eigenvalue weighted by Crippen LogP contribution is 2.12. The second-order valence-electron chi connectivity index (χ2n) is 2.97. The van der Waals surface area contributed by atoms with Gasteiger partial charge in [0.1, 0.15) is 0 Å². The highest BCUT2D eigenvalue weighted by molar-refractivity contribution is 7.78. The van der Waals surface area contributed by atoms with E-state index in [9.17, 15) is 9.00 Å². The molecule has 0 aliphatic heterocycles. The van der Waals surface area contributed by atoms with E-state index in [1.54, 1.807) is 18.2 Å². The Morgan fingerprint density at radius 2 is 2.21 bits per heavy atom. The van der Waals surface area contributed by atoms with Gasteiger partial charge in [-0.3, -0.25) is 4.79 Å². The normalized spacial score (nSPS) is 12.4. The van der Waals surface area contributed by atoms with Gasteiger partial charge >= 0.3 is 0 Å². The Morgan fingerprint density at radius 1 is 1.57 bits per heavy atom. The van der Waals surface area contributed by atoms with Crippen LogP contribution in [0.15, 0.2) is 18.2 Å². The van der Waals surface area contributed by atoms with Crippen LogP contribution in [-0.4, -0.2) is 14.7 Å². The first-order chi connectivity index (χ1) is 6.50. The van der Waals surface area contributed by atoms with Crippen LogP contribution in [0.1, 0.15) is 21.5 Å². The highest BCUT2D eigenvalue weighted by atomic mass is 32.2. The lowest BCUT2D eigenvalue weighted by Crippen LogP contribution is -2.11. The molecule has 0 saturated carbocycles. The summed E-state index contributed by atoms with van der Waals surface area (Å²) in [4.78, 5) is 10.8. The van der Waals surface area contributed by atoms with Crippen LogP contribution in [-0.2, 0) is 16.8 Å². The van der Waals surface area contributed by atoms with E-state index >= 15 is 0 Å². The summed E-state index contributed by atoms with van der Waals surface area (Å²) in [5.41, 5.74) is 6.98. The molecule has 0 bridgehead atoms. The minimum atomic E-state index is -1.90. The third-order valence-corrected chi connectivity index (χ3v) is 2.47. The Bertz CT molecular complexity index is 390. The summed E-state index contributed by atoms with van der Waals surface area (Å²) in [6.45, 7) is 1.81. The maximum Gasteiger partial charge on any atom is 0.248 e. The molecule has 0 aliphatic carbocycles. The van der Waals surface area contributed by atoms with Crippen LogP contribution in [0.5, 0.6) is 0 Å². The Balaban J connectivity index is 3.08. The second kappa shape index (κ2) is 4.34. The summed E-state index contributed by atoms with van der Waals surface area (Å²) in [6, 6.07) is 4.86. The van der Waals surface area contributed by atoms with Crippen molar-refractivity contribution in [3.8, 4) is 0 Å². The fourth-order valence-electron chi connectivity index (χ4n) is 1.11. The minimum absolute atomic E-state index is 0.0208. The lowest BCUT2D eigenvalue weighted by molar-refractivity contribution is 0.1000. The third-order valence-electron chi connectivity index (χ3n) is 1.91. The summed E-state index contributed by atoms with van der Waals surface area (Å²) in [5.74, 6) is -0.512. The molecule has 1 amide bonds. The van der Waals surface area contributed by atoms with E-state index in [1.165, 1.54) is 0 Å². The van der Waals surface area contributed by atoms with E-state index in [4.69, 9.17) is 10.3 Å². The number of carbonyl (C=O) groups excluding carboxylic acids is 1. The summed E-state index contributed by atoms with van der Waals surface area (Å²) in [6.07, 6.45) is 0. The van der Waals surface area contributed by atoms with Crippen LogP contribution >= 0.6 is 0 Å². The number of hydrogen-bond acceptors (Lipinski definition) is 2. The molecule has 0 saturated heterocycles. The van der Waals surface area contributed by atoms with Gasteiger partial charge in [-0.1, -0.05) is 6.07 Å². The number of nitrogens with two attached hydrogens (primary N) is 1.